The average Bonchev–Trinajstić information content (AvgIpc) is 3.25. The number of alkyl halides is 3. The summed E-state index contributed by atoms with van der Waals surface area (Å²) in [5.41, 5.74) is 7.61. The van der Waals surface area contributed by atoms with Crippen LogP contribution in [-0.4, -0.2) is 48.1 Å². The molecule has 0 aliphatic heterocycles. The van der Waals surface area contributed by atoms with E-state index in [9.17, 15) is 26.7 Å². The van der Waals surface area contributed by atoms with Crippen molar-refractivity contribution in [2.24, 2.45) is 5.73 Å². The number of benzene rings is 2. The lowest BCUT2D eigenvalue weighted by Crippen LogP contribution is -2.21. The van der Waals surface area contributed by atoms with E-state index in [1.54, 1.807) is 23.0 Å². The quantitative estimate of drug-likeness (QED) is 0.334. The molecule has 3 heterocycles. The van der Waals surface area contributed by atoms with Crippen LogP contribution in [-0.2, 0) is 11.3 Å². The van der Waals surface area contributed by atoms with Crippen LogP contribution in [0.5, 0.6) is 0 Å². The number of pyridine rings is 2. The molecule has 1 amide bonds. The smallest absolute Gasteiger partial charge is 0.475 e. The van der Waals surface area contributed by atoms with Crippen molar-refractivity contribution >= 4 is 33.9 Å². The molecule has 2 aromatic carbocycles. The van der Waals surface area contributed by atoms with Gasteiger partial charge in [0.15, 0.2) is 5.65 Å². The van der Waals surface area contributed by atoms with Crippen molar-refractivity contribution in [3.8, 4) is 11.3 Å². The summed E-state index contributed by atoms with van der Waals surface area (Å²) in [6, 6.07) is 15.0. The molecule has 3 aromatic heterocycles. The van der Waals surface area contributed by atoms with Crippen molar-refractivity contribution in [3.05, 3.63) is 83.6 Å². The highest BCUT2D eigenvalue weighted by molar-refractivity contribution is 5.94. The lowest BCUT2D eigenvalue weighted by atomic mass is 10.1. The minimum atomic E-state index is -5.08. The lowest BCUT2D eigenvalue weighted by Gasteiger charge is -2.07. The number of halogens is 5. The zero-order valence-corrected chi connectivity index (χ0v) is 18.9. The number of carboxylic acids is 1. The molecule has 5 rings (SSSR count). The van der Waals surface area contributed by atoms with E-state index in [0.29, 0.717) is 23.4 Å². The Bertz CT molecular complexity index is 1660. The molecule has 3 N–H and O–H groups in total. The van der Waals surface area contributed by atoms with Gasteiger partial charge in [0, 0.05) is 17.1 Å². The Hall–Kier alpha value is -5.01. The van der Waals surface area contributed by atoms with Gasteiger partial charge in [0.1, 0.15) is 22.7 Å². The van der Waals surface area contributed by atoms with Crippen molar-refractivity contribution in [2.45, 2.75) is 12.7 Å². The van der Waals surface area contributed by atoms with E-state index in [4.69, 9.17) is 15.6 Å². The zero-order valence-electron chi connectivity index (χ0n) is 18.9. The summed E-state index contributed by atoms with van der Waals surface area (Å²) in [5, 5.41) is 16.4. The Morgan fingerprint density at radius 3 is 2.26 bits per heavy atom. The Balaban J connectivity index is 0.000000426. The third-order valence-corrected chi connectivity index (χ3v) is 5.19. The molecule has 0 spiro atoms. The largest absolute Gasteiger partial charge is 0.490 e. The number of amides is 1. The highest BCUT2D eigenvalue weighted by Gasteiger charge is 2.38. The molecule has 0 bridgehead atoms. The number of nitrogens with zero attached hydrogens (tertiary/aromatic N) is 5. The third-order valence-electron chi connectivity index (χ3n) is 5.19. The Kier molecular flexibility index (Phi) is 6.97. The molecule has 0 saturated carbocycles. The summed E-state index contributed by atoms with van der Waals surface area (Å²) >= 11 is 0. The van der Waals surface area contributed by atoms with E-state index in [1.165, 1.54) is 0 Å². The first-order chi connectivity index (χ1) is 17.9. The molecule has 0 aliphatic carbocycles. The fourth-order valence-corrected chi connectivity index (χ4v) is 3.47. The van der Waals surface area contributed by atoms with Crippen LogP contribution in [0.1, 0.15) is 15.9 Å². The minimum Gasteiger partial charge on any atom is -0.475 e. The summed E-state index contributed by atoms with van der Waals surface area (Å²) < 4.78 is 61.7. The number of primary amides is 1. The number of carbonyl (C=O) groups is 2. The average molecular weight is 530 g/mol. The van der Waals surface area contributed by atoms with Crippen molar-refractivity contribution in [1.29, 1.82) is 0 Å². The molecule has 194 valence electrons. The van der Waals surface area contributed by atoms with E-state index in [1.807, 2.05) is 30.3 Å². The molecular formula is C24H15F5N6O3. The molecule has 14 heteroatoms. The molecule has 0 aliphatic rings. The van der Waals surface area contributed by atoms with Gasteiger partial charge in [0.25, 0.3) is 5.91 Å². The van der Waals surface area contributed by atoms with Gasteiger partial charge >= 0.3 is 12.1 Å². The second kappa shape index (κ2) is 10.2. The van der Waals surface area contributed by atoms with Crippen LogP contribution < -0.4 is 5.73 Å². The molecule has 0 radical (unpaired) electrons. The summed E-state index contributed by atoms with van der Waals surface area (Å²) in [6.45, 7) is 0.404. The molecule has 0 unspecified atom stereocenters. The molecule has 0 fully saturated rings. The van der Waals surface area contributed by atoms with E-state index in [0.717, 1.165) is 28.6 Å². The van der Waals surface area contributed by atoms with Crippen LogP contribution in [0, 0.1) is 11.6 Å². The van der Waals surface area contributed by atoms with E-state index in [2.05, 4.69) is 20.3 Å². The predicted octanol–water partition coefficient (Wildman–Crippen LogP) is 4.10. The maximum absolute atomic E-state index is 14.2. The fraction of sp³-hybridized carbons (Fsp3) is 0.0833. The van der Waals surface area contributed by atoms with Crippen LogP contribution in [0.4, 0.5) is 22.0 Å². The maximum Gasteiger partial charge on any atom is 0.490 e. The van der Waals surface area contributed by atoms with Gasteiger partial charge in [0.05, 0.1) is 17.8 Å². The Morgan fingerprint density at radius 2 is 1.63 bits per heavy atom. The Labute approximate surface area is 209 Å². The van der Waals surface area contributed by atoms with Crippen LogP contribution in [0.15, 0.2) is 60.8 Å². The van der Waals surface area contributed by atoms with E-state index < -0.39 is 35.3 Å². The van der Waals surface area contributed by atoms with Gasteiger partial charge in [-0.1, -0.05) is 17.3 Å². The number of nitrogens with two attached hydrogens (primary N) is 1. The summed E-state index contributed by atoms with van der Waals surface area (Å²) in [6.07, 6.45) is -3.35. The molecule has 0 saturated heterocycles. The number of rotatable bonds is 4. The number of hydrogen-bond acceptors (Lipinski definition) is 6. The standard InChI is InChI=1S/C22H14F2N6O.C2HF3O2/c23-15-9-14(10-16(24)20(15)21(25)31)18-5-6-19-22(27-18)30(29-28-19)11-12-3-4-17-13(8-12)2-1-7-26-17;3-2(4,5)1(6)7/h1-10H,11H2,(H2,25,31);(H,6,7). The topological polar surface area (TPSA) is 137 Å². The summed E-state index contributed by atoms with van der Waals surface area (Å²) in [7, 11) is 0. The maximum atomic E-state index is 14.2. The van der Waals surface area contributed by atoms with Gasteiger partial charge in [0.2, 0.25) is 0 Å². The number of aliphatic carboxylic acids is 1. The molecule has 0 atom stereocenters. The first kappa shape index (κ1) is 26.1. The van der Waals surface area contributed by atoms with E-state index in [-0.39, 0.29) is 5.56 Å². The first-order valence-electron chi connectivity index (χ1n) is 10.6. The lowest BCUT2D eigenvalue weighted by molar-refractivity contribution is -0.192. The number of fused-ring (bicyclic) bond motifs is 2. The van der Waals surface area contributed by atoms with Gasteiger partial charge in [-0.25, -0.2) is 23.2 Å². The third kappa shape index (κ3) is 5.53. The number of aromatic nitrogens is 5. The number of hydrogen-bond donors (Lipinski definition) is 2. The monoisotopic (exact) mass is 530 g/mol. The van der Waals surface area contributed by atoms with Gasteiger partial charge in [-0.05, 0) is 48.0 Å². The van der Waals surface area contributed by atoms with Crippen LogP contribution in [0.3, 0.4) is 0 Å². The molecular weight excluding hydrogens is 515 g/mol. The van der Waals surface area contributed by atoms with Crippen molar-refractivity contribution in [1.82, 2.24) is 25.0 Å². The van der Waals surface area contributed by atoms with Gasteiger partial charge < -0.3 is 10.8 Å². The molecule has 5 aromatic rings. The van der Waals surface area contributed by atoms with Crippen molar-refractivity contribution in [2.75, 3.05) is 0 Å². The SMILES string of the molecule is NC(=O)c1c(F)cc(-c2ccc3nnn(Cc4ccc5ncccc5c4)c3n2)cc1F.O=C(O)C(F)(F)F. The fourth-order valence-electron chi connectivity index (χ4n) is 3.47. The summed E-state index contributed by atoms with van der Waals surface area (Å²) in [4.78, 5) is 28.9. The van der Waals surface area contributed by atoms with Gasteiger partial charge in [-0.15, -0.1) is 5.10 Å². The van der Waals surface area contributed by atoms with E-state index >= 15 is 0 Å². The van der Waals surface area contributed by atoms with Gasteiger partial charge in [-0.3, -0.25) is 9.78 Å². The highest BCUT2D eigenvalue weighted by Crippen LogP contribution is 2.25. The first-order valence-corrected chi connectivity index (χ1v) is 10.6. The van der Waals surface area contributed by atoms with Crippen LogP contribution in [0.25, 0.3) is 33.3 Å². The highest BCUT2D eigenvalue weighted by atomic mass is 19.4. The normalized spacial score (nSPS) is 11.3. The zero-order chi connectivity index (χ0) is 27.6. The number of carbonyl (C=O) groups excluding carboxylic acids is 1. The minimum absolute atomic E-state index is 0.173. The second-order valence-corrected chi connectivity index (χ2v) is 7.80. The van der Waals surface area contributed by atoms with Crippen molar-refractivity contribution in [3.63, 3.8) is 0 Å². The second-order valence-electron chi connectivity index (χ2n) is 7.80. The predicted molar refractivity (Wildman–Crippen MR) is 124 cm³/mol. The molecule has 9 nitrogen and oxygen atoms in total. The number of carboxylic acid groups (broad SMARTS) is 1. The van der Waals surface area contributed by atoms with Crippen LogP contribution in [0.2, 0.25) is 0 Å². The Morgan fingerprint density at radius 1 is 0.974 bits per heavy atom. The molecule has 38 heavy (non-hydrogen) atoms. The van der Waals surface area contributed by atoms with Crippen LogP contribution >= 0.6 is 0 Å². The van der Waals surface area contributed by atoms with Crippen molar-refractivity contribution < 1.29 is 36.6 Å². The van der Waals surface area contributed by atoms with Gasteiger partial charge in [-0.2, -0.15) is 13.2 Å². The summed E-state index contributed by atoms with van der Waals surface area (Å²) in [5.74, 6) is -6.01.